The third-order valence-corrected chi connectivity index (χ3v) is 3.22. The van der Waals surface area contributed by atoms with Crippen LogP contribution in [0.3, 0.4) is 0 Å². The quantitative estimate of drug-likeness (QED) is 0.729. The van der Waals surface area contributed by atoms with Gasteiger partial charge in [0.15, 0.2) is 0 Å². The summed E-state index contributed by atoms with van der Waals surface area (Å²) in [7, 11) is 1.31. The van der Waals surface area contributed by atoms with E-state index in [1.54, 1.807) is 30.8 Å². The average Bonchev–Trinajstić information content (AvgIpc) is 2.76. The second-order valence-corrected chi connectivity index (χ2v) is 5.16. The van der Waals surface area contributed by atoms with Gasteiger partial charge in [0, 0.05) is 12.3 Å². The van der Waals surface area contributed by atoms with E-state index >= 15 is 0 Å². The van der Waals surface area contributed by atoms with Crippen LogP contribution in [0.15, 0.2) is 16.5 Å². The topological polar surface area (TPSA) is 71.7 Å². The molecule has 1 aromatic rings. The summed E-state index contributed by atoms with van der Waals surface area (Å²) in [5.41, 5.74) is -0.753. The number of ether oxygens (including phenoxy) is 1. The van der Waals surface area contributed by atoms with E-state index < -0.39 is 11.6 Å². The van der Waals surface area contributed by atoms with Gasteiger partial charge in [0.05, 0.1) is 19.3 Å². The molecule has 0 aromatic carbocycles. The Labute approximate surface area is 111 Å². The molecule has 1 unspecified atom stereocenters. The van der Waals surface area contributed by atoms with Crippen LogP contribution >= 0.6 is 11.8 Å². The summed E-state index contributed by atoms with van der Waals surface area (Å²) in [5, 5.41) is 13.0. The van der Waals surface area contributed by atoms with Gasteiger partial charge in [0.1, 0.15) is 5.76 Å². The highest BCUT2D eigenvalue weighted by Gasteiger charge is 2.19. The first-order valence-corrected chi connectivity index (χ1v) is 6.97. The number of esters is 1. The Morgan fingerprint density at radius 1 is 1.61 bits per heavy atom. The standard InChI is InChI=1S/C12H19NO4S/c1-12(15,8-18-3)7-13-6-9-4-5-10(17-9)11(14)16-2/h4-5,13,15H,6-8H2,1-3H3. The Morgan fingerprint density at radius 2 is 2.33 bits per heavy atom. The van der Waals surface area contributed by atoms with Crippen LogP contribution in [0, 0.1) is 0 Å². The van der Waals surface area contributed by atoms with Crippen LogP contribution in [0.1, 0.15) is 23.2 Å². The minimum absolute atomic E-state index is 0.185. The summed E-state index contributed by atoms with van der Waals surface area (Å²) in [6.45, 7) is 2.70. The lowest BCUT2D eigenvalue weighted by Crippen LogP contribution is -2.39. The van der Waals surface area contributed by atoms with Gasteiger partial charge in [-0.25, -0.2) is 4.79 Å². The fraction of sp³-hybridized carbons (Fsp3) is 0.583. The zero-order valence-electron chi connectivity index (χ0n) is 10.9. The number of hydrogen-bond acceptors (Lipinski definition) is 6. The Hall–Kier alpha value is -0.980. The van der Waals surface area contributed by atoms with Crippen molar-refractivity contribution in [2.75, 3.05) is 25.7 Å². The van der Waals surface area contributed by atoms with Crippen molar-refractivity contribution in [1.82, 2.24) is 5.32 Å². The lowest BCUT2D eigenvalue weighted by atomic mass is 10.1. The van der Waals surface area contributed by atoms with Crippen LogP contribution in [0.4, 0.5) is 0 Å². The van der Waals surface area contributed by atoms with Crippen molar-refractivity contribution in [2.24, 2.45) is 0 Å². The summed E-state index contributed by atoms with van der Waals surface area (Å²) in [6, 6.07) is 3.28. The predicted octanol–water partition coefficient (Wildman–Crippen LogP) is 1.27. The first-order chi connectivity index (χ1) is 8.48. The monoisotopic (exact) mass is 273 g/mol. The molecule has 0 saturated heterocycles. The van der Waals surface area contributed by atoms with Gasteiger partial charge in [-0.3, -0.25) is 0 Å². The molecule has 102 valence electrons. The number of methoxy groups -OCH3 is 1. The SMILES string of the molecule is COC(=O)c1ccc(CNCC(C)(O)CSC)o1. The van der Waals surface area contributed by atoms with Gasteiger partial charge < -0.3 is 19.6 Å². The number of carbonyl (C=O) groups excluding carboxylic acids is 1. The van der Waals surface area contributed by atoms with E-state index in [0.29, 0.717) is 24.6 Å². The second-order valence-electron chi connectivity index (χ2n) is 4.29. The molecule has 1 aromatic heterocycles. The molecule has 0 aliphatic carbocycles. The molecule has 0 saturated carbocycles. The predicted molar refractivity (Wildman–Crippen MR) is 70.8 cm³/mol. The van der Waals surface area contributed by atoms with Gasteiger partial charge in [0.2, 0.25) is 5.76 Å². The normalized spacial score (nSPS) is 14.2. The smallest absolute Gasteiger partial charge is 0.373 e. The van der Waals surface area contributed by atoms with E-state index in [-0.39, 0.29) is 5.76 Å². The first kappa shape index (κ1) is 15.1. The highest BCUT2D eigenvalue weighted by molar-refractivity contribution is 7.98. The van der Waals surface area contributed by atoms with E-state index in [9.17, 15) is 9.90 Å². The Bertz CT molecular complexity index is 389. The summed E-state index contributed by atoms with van der Waals surface area (Å²) in [5.74, 6) is 0.988. The average molecular weight is 273 g/mol. The fourth-order valence-corrected chi connectivity index (χ4v) is 2.22. The van der Waals surface area contributed by atoms with E-state index in [1.165, 1.54) is 7.11 Å². The van der Waals surface area contributed by atoms with E-state index in [1.807, 2.05) is 6.26 Å². The number of hydrogen-bond donors (Lipinski definition) is 2. The van der Waals surface area contributed by atoms with Gasteiger partial charge in [0.25, 0.3) is 0 Å². The molecule has 1 heterocycles. The molecule has 0 aliphatic rings. The minimum Gasteiger partial charge on any atom is -0.463 e. The largest absolute Gasteiger partial charge is 0.463 e. The lowest BCUT2D eigenvalue weighted by Gasteiger charge is -2.22. The molecule has 0 radical (unpaired) electrons. The van der Waals surface area contributed by atoms with Crippen molar-refractivity contribution in [1.29, 1.82) is 0 Å². The lowest BCUT2D eigenvalue weighted by molar-refractivity contribution is 0.0561. The minimum atomic E-state index is -0.753. The van der Waals surface area contributed by atoms with Crippen molar-refractivity contribution in [2.45, 2.75) is 19.1 Å². The number of nitrogens with one attached hydrogen (secondary N) is 1. The molecule has 2 N–H and O–H groups in total. The van der Waals surface area contributed by atoms with Gasteiger partial charge in [-0.2, -0.15) is 11.8 Å². The summed E-state index contributed by atoms with van der Waals surface area (Å²) < 4.78 is 9.83. The van der Waals surface area contributed by atoms with Crippen LogP contribution < -0.4 is 5.32 Å². The molecular formula is C12H19NO4S. The van der Waals surface area contributed by atoms with Gasteiger partial charge in [-0.05, 0) is 25.3 Å². The van der Waals surface area contributed by atoms with Crippen LogP contribution in [0.5, 0.6) is 0 Å². The van der Waals surface area contributed by atoms with E-state index in [2.05, 4.69) is 10.1 Å². The molecular weight excluding hydrogens is 254 g/mol. The zero-order valence-corrected chi connectivity index (χ0v) is 11.7. The molecule has 1 rings (SSSR count). The fourth-order valence-electron chi connectivity index (χ4n) is 1.50. The second kappa shape index (κ2) is 6.82. The third kappa shape index (κ3) is 4.72. The summed E-state index contributed by atoms with van der Waals surface area (Å²) in [4.78, 5) is 11.2. The van der Waals surface area contributed by atoms with Crippen LogP contribution in [0.2, 0.25) is 0 Å². The van der Waals surface area contributed by atoms with Crippen molar-refractivity contribution < 1.29 is 19.1 Å². The summed E-state index contributed by atoms with van der Waals surface area (Å²) in [6.07, 6.45) is 1.95. The first-order valence-electron chi connectivity index (χ1n) is 5.57. The molecule has 0 fully saturated rings. The van der Waals surface area contributed by atoms with Gasteiger partial charge in [-0.1, -0.05) is 0 Å². The molecule has 6 heteroatoms. The Kier molecular flexibility index (Phi) is 5.71. The van der Waals surface area contributed by atoms with Crippen LogP contribution in [-0.2, 0) is 11.3 Å². The van der Waals surface area contributed by atoms with E-state index in [4.69, 9.17) is 4.42 Å². The molecule has 1 atom stereocenters. The van der Waals surface area contributed by atoms with Gasteiger partial charge >= 0.3 is 5.97 Å². The highest BCUT2D eigenvalue weighted by atomic mass is 32.2. The van der Waals surface area contributed by atoms with Crippen molar-refractivity contribution in [3.8, 4) is 0 Å². The highest BCUT2D eigenvalue weighted by Crippen LogP contribution is 2.11. The number of carbonyl (C=O) groups is 1. The molecule has 0 bridgehead atoms. The third-order valence-electron chi connectivity index (χ3n) is 2.31. The number of furan rings is 1. The Morgan fingerprint density at radius 3 is 2.94 bits per heavy atom. The molecule has 0 aliphatic heterocycles. The summed E-state index contributed by atoms with van der Waals surface area (Å²) >= 11 is 1.59. The van der Waals surface area contributed by atoms with Crippen molar-refractivity contribution in [3.05, 3.63) is 23.7 Å². The number of aliphatic hydroxyl groups is 1. The van der Waals surface area contributed by atoms with E-state index in [0.717, 1.165) is 0 Å². The number of thioether (sulfide) groups is 1. The maximum absolute atomic E-state index is 11.2. The van der Waals surface area contributed by atoms with Crippen molar-refractivity contribution in [3.63, 3.8) is 0 Å². The van der Waals surface area contributed by atoms with Crippen LogP contribution in [-0.4, -0.2) is 42.3 Å². The Balaban J connectivity index is 2.40. The van der Waals surface area contributed by atoms with Crippen LogP contribution in [0.25, 0.3) is 0 Å². The zero-order chi connectivity index (χ0) is 13.6. The molecule has 0 spiro atoms. The van der Waals surface area contributed by atoms with Gasteiger partial charge in [-0.15, -0.1) is 0 Å². The molecule has 18 heavy (non-hydrogen) atoms. The van der Waals surface area contributed by atoms with Crippen molar-refractivity contribution >= 4 is 17.7 Å². The number of rotatable bonds is 7. The molecule has 0 amide bonds. The maximum Gasteiger partial charge on any atom is 0.373 e. The maximum atomic E-state index is 11.2. The molecule has 5 nitrogen and oxygen atoms in total.